The maximum absolute atomic E-state index is 12.1. The predicted octanol–water partition coefficient (Wildman–Crippen LogP) is 2.57. The molecule has 0 fully saturated rings. The van der Waals surface area contributed by atoms with Gasteiger partial charge in [-0.15, -0.1) is 0 Å². The molecule has 0 aliphatic carbocycles. The van der Waals surface area contributed by atoms with Gasteiger partial charge >= 0.3 is 0 Å². The van der Waals surface area contributed by atoms with Gasteiger partial charge in [0.05, 0.1) is 0 Å². The predicted molar refractivity (Wildman–Crippen MR) is 83.2 cm³/mol. The van der Waals surface area contributed by atoms with Crippen LogP contribution in [-0.4, -0.2) is 4.98 Å². The van der Waals surface area contributed by atoms with Gasteiger partial charge in [0.25, 0.3) is 0 Å². The van der Waals surface area contributed by atoms with Crippen LogP contribution in [0.25, 0.3) is 10.9 Å². The molecule has 3 aromatic rings. The van der Waals surface area contributed by atoms with Crippen LogP contribution in [0.1, 0.15) is 11.3 Å². The summed E-state index contributed by atoms with van der Waals surface area (Å²) in [6.07, 6.45) is 0. The van der Waals surface area contributed by atoms with Crippen molar-refractivity contribution >= 4 is 10.9 Å². The summed E-state index contributed by atoms with van der Waals surface area (Å²) in [6.45, 7) is 0.794. The van der Waals surface area contributed by atoms with Gasteiger partial charge in [-0.05, 0) is 23.8 Å². The van der Waals surface area contributed by atoms with Gasteiger partial charge in [-0.1, -0.05) is 30.3 Å². The zero-order valence-electron chi connectivity index (χ0n) is 11.5. The SMILES string of the molecule is NCc1cc(=O)c2cc(OCc3ccccc3)ccc2[nH]1. The first-order chi connectivity index (χ1) is 10.3. The zero-order chi connectivity index (χ0) is 14.7. The highest BCUT2D eigenvalue weighted by atomic mass is 16.5. The average Bonchev–Trinajstić information content (AvgIpc) is 2.54. The van der Waals surface area contributed by atoms with Crippen molar-refractivity contribution in [2.75, 3.05) is 0 Å². The number of ether oxygens (including phenoxy) is 1. The van der Waals surface area contributed by atoms with E-state index in [1.54, 1.807) is 6.07 Å². The van der Waals surface area contributed by atoms with Crippen molar-refractivity contribution in [3.05, 3.63) is 76.1 Å². The van der Waals surface area contributed by atoms with Crippen LogP contribution < -0.4 is 15.9 Å². The van der Waals surface area contributed by atoms with E-state index in [-0.39, 0.29) is 5.43 Å². The Bertz CT molecular complexity index is 810. The molecule has 1 heterocycles. The highest BCUT2D eigenvalue weighted by Gasteiger charge is 2.04. The molecule has 0 aliphatic rings. The first-order valence-electron chi connectivity index (χ1n) is 6.79. The Morgan fingerprint density at radius 2 is 1.86 bits per heavy atom. The lowest BCUT2D eigenvalue weighted by molar-refractivity contribution is 0.306. The van der Waals surface area contributed by atoms with E-state index in [1.807, 2.05) is 42.5 Å². The van der Waals surface area contributed by atoms with Gasteiger partial charge < -0.3 is 15.5 Å². The number of nitrogens with one attached hydrogen (secondary N) is 1. The van der Waals surface area contributed by atoms with E-state index >= 15 is 0 Å². The largest absolute Gasteiger partial charge is 0.489 e. The topological polar surface area (TPSA) is 68.1 Å². The Morgan fingerprint density at radius 1 is 1.05 bits per heavy atom. The summed E-state index contributed by atoms with van der Waals surface area (Å²) in [6, 6.07) is 16.9. The molecule has 1 aromatic heterocycles. The Balaban J connectivity index is 1.87. The summed E-state index contributed by atoms with van der Waals surface area (Å²) in [5.74, 6) is 0.678. The molecule has 3 N–H and O–H groups in total. The fraction of sp³-hybridized carbons (Fsp3) is 0.118. The molecule has 0 atom stereocenters. The molecule has 0 saturated heterocycles. The molecule has 21 heavy (non-hydrogen) atoms. The van der Waals surface area contributed by atoms with Crippen LogP contribution in [-0.2, 0) is 13.2 Å². The normalized spacial score (nSPS) is 10.7. The van der Waals surface area contributed by atoms with Crippen molar-refractivity contribution in [3.63, 3.8) is 0 Å². The number of hydrogen-bond acceptors (Lipinski definition) is 3. The number of nitrogens with two attached hydrogens (primary N) is 1. The lowest BCUT2D eigenvalue weighted by Crippen LogP contribution is -2.08. The summed E-state index contributed by atoms with van der Waals surface area (Å²) in [4.78, 5) is 15.2. The fourth-order valence-electron chi connectivity index (χ4n) is 2.22. The van der Waals surface area contributed by atoms with Crippen molar-refractivity contribution in [1.82, 2.24) is 4.98 Å². The molecular weight excluding hydrogens is 264 g/mol. The molecule has 2 aromatic carbocycles. The third-order valence-electron chi connectivity index (χ3n) is 3.33. The molecule has 0 amide bonds. The van der Waals surface area contributed by atoms with E-state index in [4.69, 9.17) is 10.5 Å². The summed E-state index contributed by atoms with van der Waals surface area (Å²) in [7, 11) is 0. The molecule has 0 spiro atoms. The van der Waals surface area contributed by atoms with Crippen LogP contribution in [0.15, 0.2) is 59.4 Å². The molecule has 0 radical (unpaired) electrons. The molecule has 3 rings (SSSR count). The summed E-state index contributed by atoms with van der Waals surface area (Å²) in [5, 5.41) is 0.609. The quantitative estimate of drug-likeness (QED) is 0.771. The van der Waals surface area contributed by atoms with Gasteiger partial charge in [-0.25, -0.2) is 0 Å². The second kappa shape index (κ2) is 5.81. The van der Waals surface area contributed by atoms with E-state index in [1.165, 1.54) is 6.07 Å². The first kappa shape index (κ1) is 13.4. The summed E-state index contributed by atoms with van der Waals surface area (Å²) >= 11 is 0. The van der Waals surface area contributed by atoms with Gasteiger partial charge in [0.15, 0.2) is 5.43 Å². The van der Waals surface area contributed by atoms with Crippen LogP contribution in [0.5, 0.6) is 5.75 Å². The number of aromatic nitrogens is 1. The molecule has 0 unspecified atom stereocenters. The Kier molecular flexibility index (Phi) is 3.71. The lowest BCUT2D eigenvalue weighted by atomic mass is 10.2. The van der Waals surface area contributed by atoms with Crippen molar-refractivity contribution in [3.8, 4) is 5.75 Å². The van der Waals surface area contributed by atoms with Gasteiger partial charge in [0, 0.05) is 29.2 Å². The van der Waals surface area contributed by atoms with Gasteiger partial charge in [0.2, 0.25) is 0 Å². The van der Waals surface area contributed by atoms with Gasteiger partial charge in [-0.2, -0.15) is 0 Å². The standard InChI is InChI=1S/C17H16N2O2/c18-10-13-8-17(20)15-9-14(6-7-16(15)19-13)21-11-12-4-2-1-3-5-12/h1-9H,10-11,18H2,(H,19,20). The molecular formula is C17H16N2O2. The van der Waals surface area contributed by atoms with E-state index in [2.05, 4.69) is 4.98 Å². The second-order valence-electron chi connectivity index (χ2n) is 4.84. The van der Waals surface area contributed by atoms with Gasteiger partial charge in [0.1, 0.15) is 12.4 Å². The van der Waals surface area contributed by atoms with E-state index < -0.39 is 0 Å². The lowest BCUT2D eigenvalue weighted by Gasteiger charge is -2.08. The van der Waals surface area contributed by atoms with E-state index in [0.717, 1.165) is 16.8 Å². The number of fused-ring (bicyclic) bond motifs is 1. The fourth-order valence-corrected chi connectivity index (χ4v) is 2.22. The number of hydrogen-bond donors (Lipinski definition) is 2. The van der Waals surface area contributed by atoms with Crippen LogP contribution >= 0.6 is 0 Å². The monoisotopic (exact) mass is 280 g/mol. The maximum Gasteiger partial charge on any atom is 0.189 e. The zero-order valence-corrected chi connectivity index (χ0v) is 11.5. The second-order valence-corrected chi connectivity index (χ2v) is 4.84. The van der Waals surface area contributed by atoms with Crippen molar-refractivity contribution in [2.45, 2.75) is 13.2 Å². The summed E-state index contributed by atoms with van der Waals surface area (Å²) < 4.78 is 5.73. The van der Waals surface area contributed by atoms with Crippen LogP contribution in [0, 0.1) is 0 Å². The average molecular weight is 280 g/mol. The van der Waals surface area contributed by atoms with Crippen LogP contribution in [0.2, 0.25) is 0 Å². The highest BCUT2D eigenvalue weighted by molar-refractivity contribution is 5.80. The number of aromatic amines is 1. The van der Waals surface area contributed by atoms with Crippen molar-refractivity contribution in [2.24, 2.45) is 5.73 Å². The molecule has 106 valence electrons. The minimum Gasteiger partial charge on any atom is -0.489 e. The minimum atomic E-state index is -0.0469. The summed E-state index contributed by atoms with van der Waals surface area (Å²) in [5.41, 5.74) is 8.10. The molecule has 0 aliphatic heterocycles. The Morgan fingerprint density at radius 3 is 2.62 bits per heavy atom. The third-order valence-corrected chi connectivity index (χ3v) is 3.33. The number of rotatable bonds is 4. The smallest absolute Gasteiger partial charge is 0.189 e. The molecule has 4 nitrogen and oxygen atoms in total. The number of pyridine rings is 1. The van der Waals surface area contributed by atoms with Crippen molar-refractivity contribution < 1.29 is 4.74 Å². The Hall–Kier alpha value is -2.59. The first-order valence-corrected chi connectivity index (χ1v) is 6.79. The van der Waals surface area contributed by atoms with Crippen LogP contribution in [0.4, 0.5) is 0 Å². The van der Waals surface area contributed by atoms with E-state index in [9.17, 15) is 4.79 Å². The maximum atomic E-state index is 12.1. The minimum absolute atomic E-state index is 0.0469. The van der Waals surface area contributed by atoms with Crippen molar-refractivity contribution in [1.29, 1.82) is 0 Å². The Labute approximate surface area is 122 Å². The number of H-pyrrole nitrogens is 1. The van der Waals surface area contributed by atoms with Gasteiger partial charge in [-0.3, -0.25) is 4.79 Å². The van der Waals surface area contributed by atoms with E-state index in [0.29, 0.717) is 24.3 Å². The molecule has 0 bridgehead atoms. The third kappa shape index (κ3) is 2.95. The number of benzene rings is 2. The van der Waals surface area contributed by atoms with Crippen LogP contribution in [0.3, 0.4) is 0 Å². The molecule has 4 heteroatoms. The highest BCUT2D eigenvalue weighted by Crippen LogP contribution is 2.18. The molecule has 0 saturated carbocycles.